The summed E-state index contributed by atoms with van der Waals surface area (Å²) >= 11 is 2.24. The molecule has 0 N–H and O–H groups in total. The summed E-state index contributed by atoms with van der Waals surface area (Å²) in [5.41, 5.74) is 1.15. The van der Waals surface area contributed by atoms with Crippen molar-refractivity contribution in [3.8, 4) is 5.75 Å². The van der Waals surface area contributed by atoms with E-state index in [1.807, 2.05) is 12.1 Å². The normalized spacial score (nSPS) is 9.69. The van der Waals surface area contributed by atoms with Crippen molar-refractivity contribution in [2.24, 2.45) is 0 Å². The fourth-order valence-corrected chi connectivity index (χ4v) is 1.82. The first kappa shape index (κ1) is 10.5. The van der Waals surface area contributed by atoms with E-state index < -0.39 is 0 Å². The van der Waals surface area contributed by atoms with Crippen LogP contribution in [0, 0.1) is 3.57 Å². The molecule has 0 atom stereocenters. The van der Waals surface area contributed by atoms with Gasteiger partial charge in [0.2, 0.25) is 0 Å². The van der Waals surface area contributed by atoms with Crippen LogP contribution < -0.4 is 4.74 Å². The summed E-state index contributed by atoms with van der Waals surface area (Å²) in [5.74, 6) is 0.854. The number of aryl methyl sites for hydroxylation is 1. The molecule has 0 aliphatic heterocycles. The van der Waals surface area contributed by atoms with E-state index in [2.05, 4.69) is 28.7 Å². The molecule has 0 saturated heterocycles. The van der Waals surface area contributed by atoms with E-state index in [0.29, 0.717) is 6.42 Å². The van der Waals surface area contributed by atoms with Gasteiger partial charge in [0.05, 0.1) is 7.11 Å². The van der Waals surface area contributed by atoms with Gasteiger partial charge in [-0.15, -0.1) is 0 Å². The fourth-order valence-electron chi connectivity index (χ4n) is 1.11. The van der Waals surface area contributed by atoms with Crippen molar-refractivity contribution in [3.05, 3.63) is 27.3 Å². The summed E-state index contributed by atoms with van der Waals surface area (Å²) in [7, 11) is 1.65. The Morgan fingerprint density at radius 1 is 1.46 bits per heavy atom. The maximum atomic E-state index is 10.2. The first-order chi connectivity index (χ1) is 6.26. The summed E-state index contributed by atoms with van der Waals surface area (Å²) in [6.07, 6.45) is 2.30. The monoisotopic (exact) mass is 290 g/mol. The SMILES string of the molecule is COc1cc(I)cc(CCC=O)c1. The van der Waals surface area contributed by atoms with Crippen molar-refractivity contribution in [3.63, 3.8) is 0 Å². The number of hydrogen-bond acceptors (Lipinski definition) is 2. The molecule has 0 spiro atoms. The Morgan fingerprint density at radius 2 is 2.23 bits per heavy atom. The molecule has 0 unspecified atom stereocenters. The number of carbonyl (C=O) groups excluding carboxylic acids is 1. The van der Waals surface area contributed by atoms with Crippen molar-refractivity contribution < 1.29 is 9.53 Å². The minimum absolute atomic E-state index is 0.573. The zero-order valence-electron chi connectivity index (χ0n) is 7.42. The highest BCUT2D eigenvalue weighted by Crippen LogP contribution is 2.19. The van der Waals surface area contributed by atoms with E-state index >= 15 is 0 Å². The van der Waals surface area contributed by atoms with Gasteiger partial charge in [-0.05, 0) is 52.8 Å². The lowest BCUT2D eigenvalue weighted by Gasteiger charge is -2.04. The number of benzene rings is 1. The second-order valence-electron chi connectivity index (χ2n) is 2.70. The van der Waals surface area contributed by atoms with Gasteiger partial charge in [-0.2, -0.15) is 0 Å². The molecule has 0 saturated carbocycles. The number of halogens is 1. The van der Waals surface area contributed by atoms with Gasteiger partial charge in [-0.3, -0.25) is 0 Å². The molecule has 0 radical (unpaired) electrons. The van der Waals surface area contributed by atoms with Gasteiger partial charge in [0.1, 0.15) is 12.0 Å². The van der Waals surface area contributed by atoms with Gasteiger partial charge in [-0.1, -0.05) is 0 Å². The average molecular weight is 290 g/mol. The van der Waals surface area contributed by atoms with Crippen molar-refractivity contribution >= 4 is 28.9 Å². The van der Waals surface area contributed by atoms with Crippen molar-refractivity contribution in [2.75, 3.05) is 7.11 Å². The molecule has 1 aromatic carbocycles. The molecule has 70 valence electrons. The lowest BCUT2D eigenvalue weighted by Crippen LogP contribution is -1.90. The van der Waals surface area contributed by atoms with Gasteiger partial charge in [0, 0.05) is 9.99 Å². The number of carbonyl (C=O) groups is 1. The topological polar surface area (TPSA) is 26.3 Å². The molecule has 2 nitrogen and oxygen atoms in total. The maximum absolute atomic E-state index is 10.2. The maximum Gasteiger partial charge on any atom is 0.120 e. The third-order valence-electron chi connectivity index (χ3n) is 1.72. The number of methoxy groups -OCH3 is 1. The van der Waals surface area contributed by atoms with Crippen LogP contribution in [0.25, 0.3) is 0 Å². The summed E-state index contributed by atoms with van der Waals surface area (Å²) in [4.78, 5) is 10.2. The fraction of sp³-hybridized carbons (Fsp3) is 0.300. The van der Waals surface area contributed by atoms with Crippen molar-refractivity contribution in [1.82, 2.24) is 0 Å². The largest absolute Gasteiger partial charge is 0.497 e. The van der Waals surface area contributed by atoms with Crippen LogP contribution >= 0.6 is 22.6 Å². The zero-order valence-corrected chi connectivity index (χ0v) is 9.58. The lowest BCUT2D eigenvalue weighted by molar-refractivity contribution is -0.107. The molecule has 0 aromatic heterocycles. The van der Waals surface area contributed by atoms with Crippen LogP contribution in [0.4, 0.5) is 0 Å². The molecule has 0 bridgehead atoms. The molecule has 1 aromatic rings. The van der Waals surface area contributed by atoms with Gasteiger partial charge in [-0.25, -0.2) is 0 Å². The Bertz CT molecular complexity index is 297. The highest BCUT2D eigenvalue weighted by atomic mass is 127. The van der Waals surface area contributed by atoms with Crippen LogP contribution in [-0.2, 0) is 11.2 Å². The number of hydrogen-bond donors (Lipinski definition) is 0. The predicted molar refractivity (Wildman–Crippen MR) is 60.1 cm³/mol. The molecule has 3 heteroatoms. The van der Waals surface area contributed by atoms with Crippen LogP contribution in [0.5, 0.6) is 5.75 Å². The van der Waals surface area contributed by atoms with Gasteiger partial charge < -0.3 is 9.53 Å². The van der Waals surface area contributed by atoms with Gasteiger partial charge >= 0.3 is 0 Å². The third kappa shape index (κ3) is 3.34. The van der Waals surface area contributed by atoms with E-state index in [-0.39, 0.29) is 0 Å². The molecule has 0 amide bonds. The van der Waals surface area contributed by atoms with E-state index in [9.17, 15) is 4.79 Å². The Balaban J connectivity index is 2.81. The van der Waals surface area contributed by atoms with Gasteiger partial charge in [0.25, 0.3) is 0 Å². The minimum Gasteiger partial charge on any atom is -0.497 e. The van der Waals surface area contributed by atoms with Crippen LogP contribution in [-0.4, -0.2) is 13.4 Å². The lowest BCUT2D eigenvalue weighted by atomic mass is 10.1. The smallest absolute Gasteiger partial charge is 0.120 e. The average Bonchev–Trinajstić information content (AvgIpc) is 2.14. The third-order valence-corrected chi connectivity index (χ3v) is 2.34. The quantitative estimate of drug-likeness (QED) is 0.629. The predicted octanol–water partition coefficient (Wildman–Crippen LogP) is 2.43. The minimum atomic E-state index is 0.573. The van der Waals surface area contributed by atoms with Crippen LogP contribution in [0.3, 0.4) is 0 Å². The molecule has 13 heavy (non-hydrogen) atoms. The molecule has 0 fully saturated rings. The Morgan fingerprint density at radius 3 is 2.85 bits per heavy atom. The molecule has 0 heterocycles. The summed E-state index contributed by atoms with van der Waals surface area (Å²) < 4.78 is 6.26. The molecule has 1 rings (SSSR count). The van der Waals surface area contributed by atoms with Crippen LogP contribution in [0.1, 0.15) is 12.0 Å². The number of aldehydes is 1. The summed E-state index contributed by atoms with van der Waals surface area (Å²) in [6.45, 7) is 0. The highest BCUT2D eigenvalue weighted by molar-refractivity contribution is 14.1. The Kier molecular flexibility index (Phi) is 4.21. The highest BCUT2D eigenvalue weighted by Gasteiger charge is 1.98. The van der Waals surface area contributed by atoms with E-state index in [1.54, 1.807) is 7.11 Å². The van der Waals surface area contributed by atoms with Crippen molar-refractivity contribution in [2.45, 2.75) is 12.8 Å². The van der Waals surface area contributed by atoms with E-state index in [0.717, 1.165) is 27.6 Å². The first-order valence-electron chi connectivity index (χ1n) is 4.03. The zero-order chi connectivity index (χ0) is 9.68. The van der Waals surface area contributed by atoms with Gasteiger partial charge in [0.15, 0.2) is 0 Å². The Hall–Kier alpha value is -0.580. The van der Waals surface area contributed by atoms with Crippen LogP contribution in [0.15, 0.2) is 18.2 Å². The second-order valence-corrected chi connectivity index (χ2v) is 3.95. The van der Waals surface area contributed by atoms with Crippen molar-refractivity contribution in [1.29, 1.82) is 0 Å². The van der Waals surface area contributed by atoms with E-state index in [4.69, 9.17) is 4.74 Å². The number of ether oxygens (including phenoxy) is 1. The number of rotatable bonds is 4. The summed E-state index contributed by atoms with van der Waals surface area (Å²) in [6, 6.07) is 5.99. The van der Waals surface area contributed by atoms with E-state index in [1.165, 1.54) is 0 Å². The summed E-state index contributed by atoms with van der Waals surface area (Å²) in [5, 5.41) is 0. The molecular weight excluding hydrogens is 279 g/mol. The first-order valence-corrected chi connectivity index (χ1v) is 5.11. The molecule has 0 aliphatic rings. The molecular formula is C10H11IO2. The second kappa shape index (κ2) is 5.21. The standard InChI is InChI=1S/C10H11IO2/c1-13-10-6-8(3-2-4-12)5-9(11)7-10/h4-7H,2-3H2,1H3. The van der Waals surface area contributed by atoms with Crippen LogP contribution in [0.2, 0.25) is 0 Å². The Labute approximate surface area is 91.4 Å². The molecule has 0 aliphatic carbocycles.